The minimum absolute atomic E-state index is 0.740. The van der Waals surface area contributed by atoms with E-state index in [1.807, 2.05) is 18.0 Å². The minimum Gasteiger partial charge on any atom is -0.355 e. The Morgan fingerprint density at radius 3 is 3.31 bits per heavy atom. The number of nitrogens with zero attached hydrogens (tertiary/aromatic N) is 1. The molecule has 0 radical (unpaired) electrons. The topological polar surface area (TPSA) is 40.7 Å². The molecule has 1 aliphatic rings. The molecule has 0 aliphatic carbocycles. The van der Waals surface area contributed by atoms with Gasteiger partial charge in [0.05, 0.1) is 0 Å². The van der Waals surface area contributed by atoms with Crippen molar-refractivity contribution in [2.45, 2.75) is 5.25 Å². The van der Waals surface area contributed by atoms with Gasteiger partial charge in [0.1, 0.15) is 0 Å². The van der Waals surface area contributed by atoms with Crippen LogP contribution in [0.25, 0.3) is 0 Å². The van der Waals surface area contributed by atoms with Crippen LogP contribution in [0.15, 0.2) is 12.4 Å². The molecule has 0 saturated carbocycles. The number of rotatable bonds is 3. The largest absolute Gasteiger partial charge is 0.355 e. The van der Waals surface area contributed by atoms with E-state index < -0.39 is 0 Å². The van der Waals surface area contributed by atoms with Crippen molar-refractivity contribution < 1.29 is 0 Å². The number of anilines is 1. The summed E-state index contributed by atoms with van der Waals surface area (Å²) in [6.45, 7) is 1.02. The molecular formula is C8H13N3S2. The molecule has 2 heterocycles. The first-order valence-corrected chi connectivity index (χ1v) is 6.58. The monoisotopic (exact) mass is 215 g/mol. The first-order valence-electron chi connectivity index (χ1n) is 4.38. The number of hydrogen-bond acceptors (Lipinski definition) is 4. The second-order valence-electron chi connectivity index (χ2n) is 2.89. The van der Waals surface area contributed by atoms with E-state index in [4.69, 9.17) is 0 Å². The molecule has 0 amide bonds. The standard InChI is InChI=1S/C8H13N3S2/c1-2-10-8(9-1)11-5-7-6-12-3-4-13-7/h1-2,7H,3-6H2,(H2,9,10,11). The van der Waals surface area contributed by atoms with Crippen LogP contribution in [0.1, 0.15) is 0 Å². The van der Waals surface area contributed by atoms with Gasteiger partial charge in [0, 0.05) is 41.4 Å². The van der Waals surface area contributed by atoms with Crippen LogP contribution >= 0.6 is 23.5 Å². The van der Waals surface area contributed by atoms with Crippen LogP contribution in [0.5, 0.6) is 0 Å². The van der Waals surface area contributed by atoms with E-state index in [0.29, 0.717) is 0 Å². The number of aromatic nitrogens is 2. The number of thioether (sulfide) groups is 2. The molecule has 0 bridgehead atoms. The van der Waals surface area contributed by atoms with Crippen molar-refractivity contribution >= 4 is 29.5 Å². The second kappa shape index (κ2) is 4.81. The molecule has 13 heavy (non-hydrogen) atoms. The van der Waals surface area contributed by atoms with Gasteiger partial charge in [-0.15, -0.1) is 0 Å². The minimum atomic E-state index is 0.740. The number of aromatic amines is 1. The summed E-state index contributed by atoms with van der Waals surface area (Å²) >= 11 is 4.11. The van der Waals surface area contributed by atoms with E-state index in [-0.39, 0.29) is 0 Å². The third-order valence-electron chi connectivity index (χ3n) is 1.88. The maximum absolute atomic E-state index is 4.12. The van der Waals surface area contributed by atoms with Gasteiger partial charge in [0.25, 0.3) is 0 Å². The summed E-state index contributed by atoms with van der Waals surface area (Å²) in [5.41, 5.74) is 0. The summed E-state index contributed by atoms with van der Waals surface area (Å²) in [4.78, 5) is 7.16. The third-order valence-corrected chi connectivity index (χ3v) is 4.73. The lowest BCUT2D eigenvalue weighted by atomic mass is 10.5. The summed E-state index contributed by atoms with van der Waals surface area (Å²) in [7, 11) is 0. The Kier molecular flexibility index (Phi) is 3.43. The third kappa shape index (κ3) is 2.84. The van der Waals surface area contributed by atoms with Gasteiger partial charge >= 0.3 is 0 Å². The van der Waals surface area contributed by atoms with Crippen molar-refractivity contribution in [3.63, 3.8) is 0 Å². The van der Waals surface area contributed by atoms with Crippen LogP contribution in [0.2, 0.25) is 0 Å². The van der Waals surface area contributed by atoms with Crippen molar-refractivity contribution in [3.8, 4) is 0 Å². The molecule has 1 aromatic heterocycles. The Hall–Kier alpha value is -0.290. The molecule has 1 aromatic rings. The van der Waals surface area contributed by atoms with E-state index in [9.17, 15) is 0 Å². The highest BCUT2D eigenvalue weighted by Crippen LogP contribution is 2.23. The Morgan fingerprint density at radius 2 is 2.62 bits per heavy atom. The van der Waals surface area contributed by atoms with Crippen molar-refractivity contribution in [1.82, 2.24) is 9.97 Å². The lowest BCUT2D eigenvalue weighted by molar-refractivity contribution is 0.985. The van der Waals surface area contributed by atoms with Gasteiger partial charge < -0.3 is 10.3 Å². The SMILES string of the molecule is c1c[nH]c(NCC2CSCCS2)n1. The first-order chi connectivity index (χ1) is 6.45. The van der Waals surface area contributed by atoms with E-state index >= 15 is 0 Å². The highest BCUT2D eigenvalue weighted by atomic mass is 32.2. The van der Waals surface area contributed by atoms with Gasteiger partial charge in [-0.05, 0) is 0 Å². The average molecular weight is 215 g/mol. The summed E-state index contributed by atoms with van der Waals surface area (Å²) in [5, 5.41) is 4.03. The number of H-pyrrole nitrogens is 1. The van der Waals surface area contributed by atoms with Gasteiger partial charge in [-0.25, -0.2) is 4.98 Å². The summed E-state index contributed by atoms with van der Waals surface area (Å²) in [5.74, 6) is 4.74. The zero-order valence-corrected chi connectivity index (χ0v) is 8.96. The zero-order chi connectivity index (χ0) is 8.93. The van der Waals surface area contributed by atoms with Crippen molar-refractivity contribution in [1.29, 1.82) is 0 Å². The molecule has 1 fully saturated rings. The molecule has 5 heteroatoms. The van der Waals surface area contributed by atoms with Gasteiger partial charge in [0.15, 0.2) is 5.95 Å². The normalized spacial score (nSPS) is 22.9. The molecule has 0 aromatic carbocycles. The van der Waals surface area contributed by atoms with Crippen LogP contribution < -0.4 is 5.32 Å². The van der Waals surface area contributed by atoms with Crippen LogP contribution in [-0.4, -0.2) is 39.0 Å². The quantitative estimate of drug-likeness (QED) is 0.805. The van der Waals surface area contributed by atoms with Crippen molar-refractivity contribution in [3.05, 3.63) is 12.4 Å². The summed E-state index contributed by atoms with van der Waals surface area (Å²) in [6, 6.07) is 0. The van der Waals surface area contributed by atoms with E-state index in [1.165, 1.54) is 17.3 Å². The lowest BCUT2D eigenvalue weighted by Gasteiger charge is -2.20. The second-order valence-corrected chi connectivity index (χ2v) is 5.44. The summed E-state index contributed by atoms with van der Waals surface area (Å²) in [6.07, 6.45) is 3.61. The Balaban J connectivity index is 1.72. The molecular weight excluding hydrogens is 202 g/mol. The Morgan fingerprint density at radius 1 is 1.62 bits per heavy atom. The summed E-state index contributed by atoms with van der Waals surface area (Å²) < 4.78 is 0. The van der Waals surface area contributed by atoms with Gasteiger partial charge in [-0.1, -0.05) is 0 Å². The Bertz CT molecular complexity index is 232. The fraction of sp³-hybridized carbons (Fsp3) is 0.625. The number of hydrogen-bond donors (Lipinski definition) is 2. The molecule has 1 unspecified atom stereocenters. The molecule has 72 valence electrons. The first kappa shape index (κ1) is 9.27. The number of nitrogens with one attached hydrogen (secondary N) is 2. The lowest BCUT2D eigenvalue weighted by Crippen LogP contribution is -2.23. The van der Waals surface area contributed by atoms with E-state index in [2.05, 4.69) is 27.0 Å². The fourth-order valence-electron chi connectivity index (χ4n) is 1.23. The predicted octanol–water partition coefficient (Wildman–Crippen LogP) is 1.67. The van der Waals surface area contributed by atoms with Crippen molar-refractivity contribution in [2.75, 3.05) is 29.1 Å². The van der Waals surface area contributed by atoms with Gasteiger partial charge in [0.2, 0.25) is 0 Å². The smallest absolute Gasteiger partial charge is 0.200 e. The van der Waals surface area contributed by atoms with Crippen LogP contribution in [0.4, 0.5) is 5.95 Å². The molecule has 1 saturated heterocycles. The fourth-order valence-corrected chi connectivity index (χ4v) is 3.84. The number of imidazole rings is 1. The molecule has 1 aliphatic heterocycles. The zero-order valence-electron chi connectivity index (χ0n) is 7.32. The van der Waals surface area contributed by atoms with Crippen molar-refractivity contribution in [2.24, 2.45) is 0 Å². The van der Waals surface area contributed by atoms with Gasteiger partial charge in [-0.2, -0.15) is 23.5 Å². The van der Waals surface area contributed by atoms with Crippen LogP contribution in [0.3, 0.4) is 0 Å². The molecule has 2 N–H and O–H groups in total. The molecule has 3 nitrogen and oxygen atoms in total. The predicted molar refractivity (Wildman–Crippen MR) is 60.6 cm³/mol. The Labute approximate surface area is 86.5 Å². The highest BCUT2D eigenvalue weighted by Gasteiger charge is 2.13. The van der Waals surface area contributed by atoms with E-state index in [0.717, 1.165) is 17.7 Å². The maximum Gasteiger partial charge on any atom is 0.200 e. The van der Waals surface area contributed by atoms with Crippen LogP contribution in [-0.2, 0) is 0 Å². The molecule has 1 atom stereocenters. The molecule has 2 rings (SSSR count). The maximum atomic E-state index is 4.12. The van der Waals surface area contributed by atoms with E-state index in [1.54, 1.807) is 6.20 Å². The van der Waals surface area contributed by atoms with Gasteiger partial charge in [-0.3, -0.25) is 0 Å². The highest BCUT2D eigenvalue weighted by molar-refractivity contribution is 8.06. The average Bonchev–Trinajstić information content (AvgIpc) is 2.69. The van der Waals surface area contributed by atoms with Crippen LogP contribution in [0, 0.1) is 0 Å². The molecule has 0 spiro atoms.